The molecule has 8 heteroatoms. The average Bonchev–Trinajstić information content (AvgIpc) is 3.26. The third-order valence-electron chi connectivity index (χ3n) is 5.40. The molecule has 0 bridgehead atoms. The van der Waals surface area contributed by atoms with Gasteiger partial charge in [0.2, 0.25) is 10.0 Å². The van der Waals surface area contributed by atoms with Crippen molar-refractivity contribution in [2.45, 2.75) is 63.1 Å². The highest BCUT2D eigenvalue weighted by Gasteiger charge is 2.28. The van der Waals surface area contributed by atoms with E-state index in [0.29, 0.717) is 18.3 Å². The minimum Gasteiger partial charge on any atom is -0.329 e. The van der Waals surface area contributed by atoms with E-state index in [4.69, 9.17) is 0 Å². The Morgan fingerprint density at radius 2 is 2.00 bits per heavy atom. The summed E-state index contributed by atoms with van der Waals surface area (Å²) < 4.78 is 32.3. The van der Waals surface area contributed by atoms with E-state index in [-0.39, 0.29) is 10.9 Å². The molecular weight excluding hydrogens is 362 g/mol. The molecule has 4 rings (SSSR count). The van der Waals surface area contributed by atoms with Crippen molar-refractivity contribution in [1.29, 1.82) is 0 Å². The first-order valence-corrected chi connectivity index (χ1v) is 10.9. The fraction of sp³-hybridized carbons (Fsp3) is 0.474. The van der Waals surface area contributed by atoms with Gasteiger partial charge in [0.05, 0.1) is 5.69 Å². The third kappa shape index (κ3) is 3.51. The predicted molar refractivity (Wildman–Crippen MR) is 104 cm³/mol. The van der Waals surface area contributed by atoms with E-state index in [2.05, 4.69) is 37.7 Å². The molecule has 1 aliphatic rings. The molecule has 1 aliphatic carbocycles. The van der Waals surface area contributed by atoms with Gasteiger partial charge in [-0.05, 0) is 57.7 Å². The maximum absolute atomic E-state index is 12.8. The quantitative estimate of drug-likeness (QED) is 0.730. The summed E-state index contributed by atoms with van der Waals surface area (Å²) in [6.45, 7) is 4.33. The van der Waals surface area contributed by atoms with Crippen LogP contribution in [-0.4, -0.2) is 33.8 Å². The van der Waals surface area contributed by atoms with Crippen LogP contribution in [0.2, 0.25) is 0 Å². The zero-order valence-electron chi connectivity index (χ0n) is 15.7. The highest BCUT2D eigenvalue weighted by atomic mass is 32.2. The summed E-state index contributed by atoms with van der Waals surface area (Å²) in [6.07, 6.45) is 9.02. The molecule has 0 saturated heterocycles. The number of pyridine rings is 1. The lowest BCUT2D eigenvalue weighted by molar-refractivity contribution is 0.315. The van der Waals surface area contributed by atoms with Crippen molar-refractivity contribution in [2.75, 3.05) is 0 Å². The van der Waals surface area contributed by atoms with E-state index < -0.39 is 10.0 Å². The van der Waals surface area contributed by atoms with E-state index >= 15 is 0 Å². The van der Waals surface area contributed by atoms with Crippen LogP contribution in [0.25, 0.3) is 11.0 Å². The Labute approximate surface area is 159 Å². The van der Waals surface area contributed by atoms with Crippen LogP contribution in [0.3, 0.4) is 0 Å². The van der Waals surface area contributed by atoms with Gasteiger partial charge in [-0.1, -0.05) is 0 Å². The Kier molecular flexibility index (Phi) is 4.77. The van der Waals surface area contributed by atoms with Crippen molar-refractivity contribution < 1.29 is 8.42 Å². The topological polar surface area (TPSA) is 81.8 Å². The molecule has 0 radical (unpaired) electrons. The van der Waals surface area contributed by atoms with Crippen molar-refractivity contribution >= 4 is 21.1 Å². The predicted octanol–water partition coefficient (Wildman–Crippen LogP) is 3.02. The van der Waals surface area contributed by atoms with Crippen LogP contribution < -0.4 is 4.72 Å². The molecule has 1 fully saturated rings. The second-order valence-corrected chi connectivity index (χ2v) is 8.88. The smallest absolute Gasteiger partial charge is 0.244 e. The van der Waals surface area contributed by atoms with Gasteiger partial charge in [-0.2, -0.15) is 5.10 Å². The minimum absolute atomic E-state index is 0.0367. The van der Waals surface area contributed by atoms with Crippen LogP contribution >= 0.6 is 0 Å². The van der Waals surface area contributed by atoms with Gasteiger partial charge in [-0.25, -0.2) is 18.1 Å². The van der Waals surface area contributed by atoms with Crippen molar-refractivity contribution in [3.05, 3.63) is 42.5 Å². The fourth-order valence-corrected chi connectivity index (χ4v) is 5.45. The maximum Gasteiger partial charge on any atom is 0.244 e. The van der Waals surface area contributed by atoms with Gasteiger partial charge in [0.25, 0.3) is 0 Å². The van der Waals surface area contributed by atoms with Gasteiger partial charge in [-0.3, -0.25) is 4.68 Å². The van der Waals surface area contributed by atoms with Crippen LogP contribution in [0.4, 0.5) is 0 Å². The molecule has 0 aromatic carbocycles. The second kappa shape index (κ2) is 7.09. The van der Waals surface area contributed by atoms with Crippen molar-refractivity contribution in [2.24, 2.45) is 0 Å². The minimum atomic E-state index is -3.54. The third-order valence-corrected chi connectivity index (χ3v) is 7.03. The summed E-state index contributed by atoms with van der Waals surface area (Å²) in [7, 11) is -3.54. The number of hydrogen-bond donors (Lipinski definition) is 1. The average molecular weight is 388 g/mol. The molecule has 0 amide bonds. The Hall–Kier alpha value is -2.19. The monoisotopic (exact) mass is 387 g/mol. The summed E-state index contributed by atoms with van der Waals surface area (Å²) in [5.74, 6) is 0. The SMILES string of the molecule is CCn1cc(S(=O)(=O)NC2CCC(n3ccc4cccnc43)CC2)c(C)n1. The number of fused-ring (bicyclic) bond motifs is 1. The second-order valence-electron chi connectivity index (χ2n) is 7.20. The maximum atomic E-state index is 12.8. The van der Waals surface area contributed by atoms with Crippen molar-refractivity contribution in [3.63, 3.8) is 0 Å². The first-order valence-electron chi connectivity index (χ1n) is 9.46. The van der Waals surface area contributed by atoms with Crippen LogP contribution in [0.15, 0.2) is 41.7 Å². The summed E-state index contributed by atoms with van der Waals surface area (Å²) in [5, 5.41) is 5.39. The molecule has 27 heavy (non-hydrogen) atoms. The molecule has 7 nitrogen and oxygen atoms in total. The highest BCUT2D eigenvalue weighted by Crippen LogP contribution is 2.32. The molecular formula is C19H25N5O2S. The zero-order valence-corrected chi connectivity index (χ0v) is 16.5. The van der Waals surface area contributed by atoms with Gasteiger partial charge in [0.1, 0.15) is 10.5 Å². The van der Waals surface area contributed by atoms with E-state index in [1.54, 1.807) is 17.8 Å². The molecule has 144 valence electrons. The molecule has 3 aromatic rings. The first kappa shape index (κ1) is 18.2. The normalized spacial score (nSPS) is 21.0. The number of rotatable bonds is 5. The number of aromatic nitrogens is 4. The van der Waals surface area contributed by atoms with Gasteiger partial charge < -0.3 is 4.57 Å². The van der Waals surface area contributed by atoms with Gasteiger partial charge >= 0.3 is 0 Å². The van der Waals surface area contributed by atoms with Gasteiger partial charge in [-0.15, -0.1) is 0 Å². The Morgan fingerprint density at radius 1 is 1.22 bits per heavy atom. The Balaban J connectivity index is 1.44. The van der Waals surface area contributed by atoms with E-state index in [0.717, 1.165) is 36.7 Å². The van der Waals surface area contributed by atoms with Crippen LogP contribution in [0, 0.1) is 6.92 Å². The number of aryl methyl sites for hydroxylation is 2. The molecule has 3 heterocycles. The standard InChI is InChI=1S/C19H25N5O2S/c1-3-23-13-18(14(2)21-23)27(25,26)22-16-6-8-17(9-7-16)24-12-10-15-5-4-11-20-19(15)24/h4-5,10-13,16-17,22H,3,6-9H2,1-2H3. The zero-order chi connectivity index (χ0) is 19.0. The molecule has 0 unspecified atom stereocenters. The Morgan fingerprint density at radius 3 is 2.70 bits per heavy atom. The largest absolute Gasteiger partial charge is 0.329 e. The van der Waals surface area contributed by atoms with Crippen LogP contribution in [0.5, 0.6) is 0 Å². The number of hydrogen-bond acceptors (Lipinski definition) is 4. The molecule has 3 aromatic heterocycles. The lowest BCUT2D eigenvalue weighted by atomic mass is 9.91. The summed E-state index contributed by atoms with van der Waals surface area (Å²) in [6, 6.07) is 6.43. The van der Waals surface area contributed by atoms with E-state index in [1.165, 1.54) is 0 Å². The Bertz CT molecular complexity index is 1050. The van der Waals surface area contributed by atoms with Crippen molar-refractivity contribution in [3.8, 4) is 0 Å². The van der Waals surface area contributed by atoms with Gasteiger partial charge in [0, 0.05) is 42.6 Å². The molecule has 0 atom stereocenters. The summed E-state index contributed by atoms with van der Waals surface area (Å²) >= 11 is 0. The lowest BCUT2D eigenvalue weighted by Gasteiger charge is -2.30. The molecule has 1 saturated carbocycles. The summed E-state index contributed by atoms with van der Waals surface area (Å²) in [5.41, 5.74) is 1.55. The van der Waals surface area contributed by atoms with Crippen LogP contribution in [-0.2, 0) is 16.6 Å². The lowest BCUT2D eigenvalue weighted by Crippen LogP contribution is -2.38. The van der Waals surface area contributed by atoms with E-state index in [9.17, 15) is 8.42 Å². The number of nitrogens with zero attached hydrogens (tertiary/aromatic N) is 4. The van der Waals surface area contributed by atoms with E-state index in [1.807, 2.05) is 19.2 Å². The molecule has 1 N–H and O–H groups in total. The van der Waals surface area contributed by atoms with Gasteiger partial charge in [0.15, 0.2) is 0 Å². The molecule has 0 aliphatic heterocycles. The van der Waals surface area contributed by atoms with Crippen LogP contribution in [0.1, 0.15) is 44.3 Å². The number of sulfonamides is 1. The number of nitrogens with one attached hydrogen (secondary N) is 1. The molecule has 0 spiro atoms. The first-order chi connectivity index (χ1) is 13.0. The summed E-state index contributed by atoms with van der Waals surface area (Å²) in [4.78, 5) is 4.78. The fourth-order valence-electron chi connectivity index (χ4n) is 3.96. The highest BCUT2D eigenvalue weighted by molar-refractivity contribution is 7.89. The van der Waals surface area contributed by atoms with Crippen molar-refractivity contribution in [1.82, 2.24) is 24.1 Å².